The number of benzene rings is 3. The lowest BCUT2D eigenvalue weighted by Gasteiger charge is -2.10. The zero-order chi connectivity index (χ0) is 24.6. The number of hydrogen-bond donors (Lipinski definition) is 1. The van der Waals surface area contributed by atoms with Crippen LogP contribution in [0.4, 0.5) is 5.69 Å². The summed E-state index contributed by atoms with van der Waals surface area (Å²) in [6, 6.07) is 18.4. The zero-order valence-electron chi connectivity index (χ0n) is 20.8. The van der Waals surface area contributed by atoms with Crippen LogP contribution in [-0.4, -0.2) is 15.7 Å². The van der Waals surface area contributed by atoms with E-state index in [9.17, 15) is 0 Å². The number of fused-ring (bicyclic) bond motifs is 7. The number of thiophene rings is 2. The molecule has 0 fully saturated rings. The predicted octanol–water partition coefficient (Wildman–Crippen LogP) is 9.73. The smallest absolute Gasteiger partial charge is 0.109 e. The Hall–Kier alpha value is -3.28. The van der Waals surface area contributed by atoms with E-state index in [0.29, 0.717) is 11.8 Å². The van der Waals surface area contributed by atoms with Crippen LogP contribution in [-0.2, 0) is 6.42 Å². The molecule has 0 saturated carbocycles. The van der Waals surface area contributed by atoms with Crippen molar-refractivity contribution >= 4 is 65.0 Å². The van der Waals surface area contributed by atoms with E-state index in [1.807, 2.05) is 28.9 Å². The van der Waals surface area contributed by atoms with Gasteiger partial charge in [-0.15, -0.1) is 22.7 Å². The maximum absolute atomic E-state index is 5.07. The second-order valence-electron chi connectivity index (χ2n) is 10.4. The number of nitrogens with zero attached hydrogens (tertiary/aromatic N) is 2. The molecule has 3 nitrogen and oxygen atoms in total. The van der Waals surface area contributed by atoms with Crippen LogP contribution in [0.3, 0.4) is 0 Å². The van der Waals surface area contributed by atoms with Gasteiger partial charge in [-0.3, -0.25) is 4.99 Å². The number of aliphatic imine (C=N–C) groups is 1. The van der Waals surface area contributed by atoms with E-state index < -0.39 is 0 Å². The monoisotopic (exact) mass is 505 g/mol. The van der Waals surface area contributed by atoms with Crippen molar-refractivity contribution in [1.29, 1.82) is 0 Å². The third kappa shape index (κ3) is 3.37. The highest BCUT2D eigenvalue weighted by Gasteiger charge is 2.23. The lowest BCUT2D eigenvalue weighted by molar-refractivity contribution is 0.795. The van der Waals surface area contributed by atoms with Gasteiger partial charge in [0.1, 0.15) is 5.82 Å². The molecule has 0 saturated heterocycles. The van der Waals surface area contributed by atoms with E-state index in [1.165, 1.54) is 63.9 Å². The lowest BCUT2D eigenvalue weighted by Crippen LogP contribution is -2.06. The molecule has 5 heteroatoms. The van der Waals surface area contributed by atoms with Crippen LogP contribution in [0, 0.1) is 5.92 Å². The summed E-state index contributed by atoms with van der Waals surface area (Å²) in [6.45, 7) is 8.82. The highest BCUT2D eigenvalue weighted by molar-refractivity contribution is 7.22. The zero-order valence-corrected chi connectivity index (χ0v) is 22.5. The third-order valence-electron chi connectivity index (χ3n) is 7.34. The van der Waals surface area contributed by atoms with Crippen molar-refractivity contribution in [1.82, 2.24) is 9.97 Å². The molecule has 3 aromatic carbocycles. The largest absolute Gasteiger partial charge is 0.341 e. The van der Waals surface area contributed by atoms with Gasteiger partial charge in [0.05, 0.1) is 22.5 Å². The van der Waals surface area contributed by atoms with Gasteiger partial charge in [0.25, 0.3) is 0 Å². The van der Waals surface area contributed by atoms with E-state index in [0.717, 1.165) is 17.9 Å². The maximum Gasteiger partial charge on any atom is 0.109 e. The summed E-state index contributed by atoms with van der Waals surface area (Å²) in [4.78, 5) is 14.4. The Morgan fingerprint density at radius 3 is 2.50 bits per heavy atom. The van der Waals surface area contributed by atoms with Gasteiger partial charge in [-0.05, 0) is 63.0 Å². The molecule has 7 rings (SSSR count). The average Bonchev–Trinajstić information content (AvgIpc) is 3.66. The molecule has 0 aliphatic carbocycles. The van der Waals surface area contributed by atoms with Crippen molar-refractivity contribution in [2.45, 2.75) is 40.0 Å². The summed E-state index contributed by atoms with van der Waals surface area (Å²) >= 11 is 3.65. The topological polar surface area (TPSA) is 41.0 Å². The minimum Gasteiger partial charge on any atom is -0.341 e. The standard InChI is InChI=1S/C31H27N3S2/c1-16(2)25-14-23-21-8-7-18(11-24(21)30-22(9-10-35-30)29(23)33-25)19-5-6-20-13-28(36-27(20)12-19)26-15-32-31(34-26)17(3)4/h5-13,15-17H,14H2,1-4H3,(H,32,34). The summed E-state index contributed by atoms with van der Waals surface area (Å²) in [5.41, 5.74) is 7.51. The molecule has 3 aromatic heterocycles. The van der Waals surface area contributed by atoms with Gasteiger partial charge in [-0.1, -0.05) is 52.0 Å². The number of H-pyrrole nitrogens is 1. The first-order valence-electron chi connectivity index (χ1n) is 12.6. The van der Waals surface area contributed by atoms with Crippen LogP contribution in [0.2, 0.25) is 0 Å². The molecule has 0 unspecified atom stereocenters. The molecule has 178 valence electrons. The van der Waals surface area contributed by atoms with E-state index in [2.05, 4.69) is 91.6 Å². The number of hydrogen-bond acceptors (Lipinski definition) is 4. The van der Waals surface area contributed by atoms with Crippen LogP contribution < -0.4 is 0 Å². The summed E-state index contributed by atoms with van der Waals surface area (Å²) in [5, 5.41) is 7.48. The van der Waals surface area contributed by atoms with E-state index >= 15 is 0 Å². The van der Waals surface area contributed by atoms with Gasteiger partial charge in [-0.25, -0.2) is 4.98 Å². The van der Waals surface area contributed by atoms with Crippen molar-refractivity contribution in [2.75, 3.05) is 0 Å². The first-order valence-corrected chi connectivity index (χ1v) is 14.3. The Balaban J connectivity index is 1.33. The van der Waals surface area contributed by atoms with Gasteiger partial charge >= 0.3 is 0 Å². The van der Waals surface area contributed by atoms with Crippen molar-refractivity contribution in [3.8, 4) is 21.7 Å². The summed E-state index contributed by atoms with van der Waals surface area (Å²) in [7, 11) is 0. The normalized spacial score (nSPS) is 13.6. The van der Waals surface area contributed by atoms with Crippen LogP contribution >= 0.6 is 22.7 Å². The fourth-order valence-corrected chi connectivity index (χ4v) is 7.27. The van der Waals surface area contributed by atoms with Gasteiger partial charge in [0.2, 0.25) is 0 Å². The molecule has 1 aliphatic heterocycles. The van der Waals surface area contributed by atoms with Crippen LogP contribution in [0.15, 0.2) is 65.1 Å². The van der Waals surface area contributed by atoms with E-state index in [-0.39, 0.29) is 0 Å². The Morgan fingerprint density at radius 1 is 0.861 bits per heavy atom. The fourth-order valence-electron chi connectivity index (χ4n) is 5.27. The summed E-state index contributed by atoms with van der Waals surface area (Å²) in [6.07, 6.45) is 2.92. The molecule has 6 aromatic rings. The molecule has 0 atom stereocenters. The fraction of sp³-hybridized carbons (Fsp3) is 0.226. The van der Waals surface area contributed by atoms with Crippen LogP contribution in [0.25, 0.3) is 52.6 Å². The number of nitrogens with one attached hydrogen (secondary N) is 1. The van der Waals surface area contributed by atoms with E-state index in [4.69, 9.17) is 4.99 Å². The van der Waals surface area contributed by atoms with Crippen molar-refractivity contribution in [2.24, 2.45) is 10.9 Å². The summed E-state index contributed by atoms with van der Waals surface area (Å²) in [5.74, 6) is 1.91. The lowest BCUT2D eigenvalue weighted by atomic mass is 9.93. The molecular weight excluding hydrogens is 478 g/mol. The molecule has 0 radical (unpaired) electrons. The number of aromatic amines is 1. The Kier molecular flexibility index (Phi) is 4.95. The second kappa shape index (κ2) is 8.12. The van der Waals surface area contributed by atoms with Crippen molar-refractivity contribution < 1.29 is 0 Å². The molecule has 0 bridgehead atoms. The van der Waals surface area contributed by atoms with Crippen molar-refractivity contribution in [3.63, 3.8) is 0 Å². The molecule has 4 heterocycles. The number of rotatable bonds is 4. The van der Waals surface area contributed by atoms with E-state index in [1.54, 1.807) is 0 Å². The molecule has 36 heavy (non-hydrogen) atoms. The molecule has 0 amide bonds. The quantitative estimate of drug-likeness (QED) is 0.254. The van der Waals surface area contributed by atoms with Gasteiger partial charge < -0.3 is 4.98 Å². The predicted molar refractivity (Wildman–Crippen MR) is 157 cm³/mol. The molecular formula is C31H27N3S2. The van der Waals surface area contributed by atoms with Crippen molar-refractivity contribution in [3.05, 3.63) is 71.5 Å². The highest BCUT2D eigenvalue weighted by atomic mass is 32.1. The van der Waals surface area contributed by atoms with Gasteiger partial charge in [0, 0.05) is 38.2 Å². The summed E-state index contributed by atoms with van der Waals surface area (Å²) < 4.78 is 2.65. The van der Waals surface area contributed by atoms with Gasteiger partial charge in [0.15, 0.2) is 0 Å². The second-order valence-corrected chi connectivity index (χ2v) is 12.4. The number of imidazole rings is 1. The molecule has 1 N–H and O–H groups in total. The highest BCUT2D eigenvalue weighted by Crippen LogP contribution is 2.45. The minimum atomic E-state index is 0.396. The first kappa shape index (κ1) is 22.0. The molecule has 1 aliphatic rings. The number of aromatic nitrogens is 2. The molecule has 0 spiro atoms. The van der Waals surface area contributed by atoms with Crippen LogP contribution in [0.1, 0.15) is 45.0 Å². The minimum absolute atomic E-state index is 0.396. The average molecular weight is 506 g/mol. The Bertz CT molecular complexity index is 1830. The Labute approximate surface area is 218 Å². The first-order chi connectivity index (χ1) is 17.5. The SMILES string of the molecule is CC(C)C1=Nc2c(c3ccc(-c4ccc5cc(-c6cnc(C(C)C)[nH]6)sc5c4)cc3c3sccc23)C1. The van der Waals surface area contributed by atoms with Gasteiger partial charge in [-0.2, -0.15) is 0 Å². The Morgan fingerprint density at radius 2 is 1.69 bits per heavy atom. The van der Waals surface area contributed by atoms with Crippen LogP contribution in [0.5, 0.6) is 0 Å². The third-order valence-corrected chi connectivity index (χ3v) is 9.42. The maximum atomic E-state index is 5.07.